The first-order valence-corrected chi connectivity index (χ1v) is 24.4. The Morgan fingerprint density at radius 1 is 0.319 bits per heavy atom. The van der Waals surface area contributed by atoms with Gasteiger partial charge in [0, 0.05) is 82.4 Å². The Morgan fingerprint density at radius 2 is 0.768 bits per heavy atom. The molecule has 0 N–H and O–H groups in total. The van der Waals surface area contributed by atoms with Crippen LogP contribution >= 0.6 is 11.3 Å². The molecule has 0 aliphatic carbocycles. The maximum Gasteiger partial charge on any atom is 0.269 e. The highest BCUT2D eigenvalue weighted by Crippen LogP contribution is 2.53. The number of furan rings is 2. The van der Waals surface area contributed by atoms with Gasteiger partial charge < -0.3 is 23.5 Å². The monoisotopic (exact) mass is 898 g/mol. The molecule has 0 saturated carbocycles. The van der Waals surface area contributed by atoms with Crippen molar-refractivity contribution in [1.82, 2.24) is 0 Å². The molecule has 0 amide bonds. The molecule has 4 aliphatic rings. The Balaban J connectivity index is 1.06. The molecule has 6 nitrogen and oxygen atoms in total. The maximum absolute atomic E-state index is 7.10. The second kappa shape index (κ2) is 14.0. The van der Waals surface area contributed by atoms with E-state index >= 15 is 0 Å². The number of hydrogen-bond donors (Lipinski definition) is 0. The van der Waals surface area contributed by atoms with Crippen molar-refractivity contribution in [2.75, 3.05) is 19.6 Å². The van der Waals surface area contributed by atoms with Crippen molar-refractivity contribution < 1.29 is 8.83 Å². The summed E-state index contributed by atoms with van der Waals surface area (Å²) in [6.45, 7) is -0.262. The van der Waals surface area contributed by atoms with Crippen molar-refractivity contribution in [2.24, 2.45) is 0 Å². The molecule has 0 spiro atoms. The van der Waals surface area contributed by atoms with Crippen LogP contribution in [-0.2, 0) is 0 Å². The third kappa shape index (κ3) is 5.01. The van der Waals surface area contributed by atoms with E-state index in [2.05, 4.69) is 238 Å². The van der Waals surface area contributed by atoms with E-state index in [-0.39, 0.29) is 13.4 Å². The molecule has 16 rings (SSSR count). The van der Waals surface area contributed by atoms with Crippen molar-refractivity contribution >= 4 is 158 Å². The predicted octanol–water partition coefficient (Wildman–Crippen LogP) is 12.6. The summed E-state index contributed by atoms with van der Waals surface area (Å²) in [5.41, 5.74) is 20.2. The first-order chi connectivity index (χ1) is 34.3. The number of fused-ring (bicyclic) bond motifs is 14. The summed E-state index contributed by atoms with van der Waals surface area (Å²) in [6, 6.07) is 79.0. The third-order valence-corrected chi connectivity index (χ3v) is 16.1. The number of hydrogen-bond acceptors (Lipinski definition) is 7. The lowest BCUT2D eigenvalue weighted by atomic mass is 9.35. The molecule has 0 unspecified atom stereocenters. The molecular weight excluding hydrogens is 862 g/mol. The molecule has 12 aromatic rings. The van der Waals surface area contributed by atoms with Crippen LogP contribution in [0.1, 0.15) is 0 Å². The van der Waals surface area contributed by atoms with E-state index in [1.165, 1.54) is 48.5 Å². The van der Waals surface area contributed by atoms with E-state index < -0.39 is 0 Å². The van der Waals surface area contributed by atoms with E-state index in [4.69, 9.17) is 8.83 Å². The van der Waals surface area contributed by atoms with Crippen LogP contribution in [0.25, 0.3) is 32.9 Å². The van der Waals surface area contributed by atoms with Crippen LogP contribution in [0.3, 0.4) is 0 Å². The van der Waals surface area contributed by atoms with Crippen LogP contribution in [-0.4, -0.2) is 13.4 Å². The molecular formula is C60H36B2N4O2S. The molecule has 0 saturated heterocycles. The number of nitrogens with zero attached hydrogens (tertiary/aromatic N) is 4. The molecule has 0 atom stereocenters. The zero-order valence-electron chi connectivity index (χ0n) is 37.0. The van der Waals surface area contributed by atoms with Crippen LogP contribution in [0.5, 0.6) is 0 Å². The summed E-state index contributed by atoms with van der Waals surface area (Å²) in [7, 11) is 0. The van der Waals surface area contributed by atoms with Gasteiger partial charge in [-0.3, -0.25) is 4.90 Å². The van der Waals surface area contributed by atoms with E-state index in [0.717, 1.165) is 84.3 Å². The molecule has 9 heteroatoms. The van der Waals surface area contributed by atoms with Gasteiger partial charge >= 0.3 is 0 Å². The molecule has 9 aromatic carbocycles. The highest BCUT2D eigenvalue weighted by molar-refractivity contribution is 7.39. The van der Waals surface area contributed by atoms with Crippen LogP contribution in [0, 0.1) is 0 Å². The number of anilines is 12. The highest BCUT2D eigenvalue weighted by atomic mass is 32.1. The molecule has 320 valence electrons. The summed E-state index contributed by atoms with van der Waals surface area (Å²) in [5.74, 6) is 0.863. The summed E-state index contributed by atoms with van der Waals surface area (Å²) in [5, 5.41) is 3.36. The fraction of sp³-hybridized carbons (Fsp3) is 0. The summed E-state index contributed by atoms with van der Waals surface area (Å²) >= 11 is 1.96. The van der Waals surface area contributed by atoms with Gasteiger partial charge in [-0.25, -0.2) is 0 Å². The number of rotatable bonds is 4. The molecule has 0 bridgehead atoms. The van der Waals surface area contributed by atoms with Crippen LogP contribution in [0.2, 0.25) is 0 Å². The van der Waals surface area contributed by atoms with Gasteiger partial charge in [-0.15, -0.1) is 0 Å². The van der Waals surface area contributed by atoms with Gasteiger partial charge in [0.25, 0.3) is 13.4 Å². The Labute approximate surface area is 402 Å². The lowest BCUT2D eigenvalue weighted by Gasteiger charge is -2.45. The van der Waals surface area contributed by atoms with E-state index in [9.17, 15) is 0 Å². The summed E-state index contributed by atoms with van der Waals surface area (Å²) < 4.78 is 16.5. The number of benzene rings is 9. The maximum atomic E-state index is 7.10. The molecule has 3 aromatic heterocycles. The average Bonchev–Trinajstić information content (AvgIpc) is 4.11. The van der Waals surface area contributed by atoms with Gasteiger partial charge in [0.05, 0.1) is 11.4 Å². The minimum atomic E-state index is -0.137. The van der Waals surface area contributed by atoms with Gasteiger partial charge in [-0.05, 0) is 113 Å². The molecule has 0 radical (unpaired) electrons. The second-order valence-electron chi connectivity index (χ2n) is 18.3. The Hall–Kier alpha value is -8.65. The van der Waals surface area contributed by atoms with Crippen molar-refractivity contribution in [3.8, 4) is 0 Å². The lowest BCUT2D eigenvalue weighted by Crippen LogP contribution is -2.60. The minimum Gasteiger partial charge on any atom is -0.456 e. The van der Waals surface area contributed by atoms with Crippen LogP contribution in [0.15, 0.2) is 227 Å². The van der Waals surface area contributed by atoms with E-state index in [1.54, 1.807) is 0 Å². The first kappa shape index (κ1) is 37.4. The van der Waals surface area contributed by atoms with Crippen molar-refractivity contribution in [2.45, 2.75) is 0 Å². The third-order valence-electron chi connectivity index (χ3n) is 14.8. The topological polar surface area (TPSA) is 39.2 Å². The fourth-order valence-corrected chi connectivity index (χ4v) is 13.6. The Kier molecular flexibility index (Phi) is 7.57. The second-order valence-corrected chi connectivity index (χ2v) is 19.4. The van der Waals surface area contributed by atoms with Gasteiger partial charge in [-0.2, -0.15) is 11.3 Å². The number of para-hydroxylation sites is 6. The number of thiophene rings is 1. The summed E-state index contributed by atoms with van der Waals surface area (Å²) in [6.07, 6.45) is 0. The SMILES string of the molecule is c1ccc(N2c3cc4c(cc3B3c5sc6c(c5N(c5ccccc5)c5cccc2c53)N(c2ccccc2)c2cccc3c2B6c2c(oc5ccccc25)N3c2ccccc2)oc2ccccc24)cc1. The molecule has 0 fully saturated rings. The van der Waals surface area contributed by atoms with E-state index in [1.807, 2.05) is 11.3 Å². The van der Waals surface area contributed by atoms with Crippen molar-refractivity contribution in [3.63, 3.8) is 0 Å². The molecule has 69 heavy (non-hydrogen) atoms. The lowest BCUT2D eigenvalue weighted by molar-refractivity contribution is 0.623. The Morgan fingerprint density at radius 3 is 1.36 bits per heavy atom. The van der Waals surface area contributed by atoms with Gasteiger partial charge in [-0.1, -0.05) is 121 Å². The van der Waals surface area contributed by atoms with Gasteiger partial charge in [0.15, 0.2) is 0 Å². The average molecular weight is 899 g/mol. The van der Waals surface area contributed by atoms with Gasteiger partial charge in [0.1, 0.15) is 16.7 Å². The molecule has 7 heterocycles. The van der Waals surface area contributed by atoms with Crippen molar-refractivity contribution in [3.05, 3.63) is 218 Å². The fourth-order valence-electron chi connectivity index (χ4n) is 12.1. The molecule has 4 aliphatic heterocycles. The highest BCUT2D eigenvalue weighted by Gasteiger charge is 2.53. The van der Waals surface area contributed by atoms with Gasteiger partial charge in [0.2, 0.25) is 5.88 Å². The van der Waals surface area contributed by atoms with Crippen molar-refractivity contribution in [1.29, 1.82) is 0 Å². The van der Waals surface area contributed by atoms with E-state index in [0.29, 0.717) is 0 Å². The normalized spacial score (nSPS) is 13.9. The zero-order valence-corrected chi connectivity index (χ0v) is 37.8. The minimum absolute atomic E-state index is 0.125. The Bertz CT molecular complexity index is 4080. The van der Waals surface area contributed by atoms with Crippen LogP contribution < -0.4 is 51.0 Å². The predicted molar refractivity (Wildman–Crippen MR) is 289 cm³/mol. The summed E-state index contributed by atoms with van der Waals surface area (Å²) in [4.78, 5) is 9.95. The first-order valence-electron chi connectivity index (χ1n) is 23.6. The zero-order chi connectivity index (χ0) is 44.9. The standard InChI is InChI=1S/C60H36B2N4O2S/c1-5-19-37(20-6-1)63-45-29-17-30-46-54(45)61(44-36-52-43(35-49(44)63)41-27-13-15-33-50(41)67-52)58-56(64(46)38-21-7-2-8-22-38)57-59(69-58)62-53-42-28-14-16-34-51(42)68-60(53)66(40-25-11-4-12-26-40)48-32-18-31-47(55(48)62)65(57)39-23-9-3-10-24-39/h1-36H. The van der Waals surface area contributed by atoms with Crippen LogP contribution in [0.4, 0.5) is 68.4 Å². The quantitative estimate of drug-likeness (QED) is 0.164. The largest absolute Gasteiger partial charge is 0.456 e. The smallest absolute Gasteiger partial charge is 0.269 e.